The van der Waals surface area contributed by atoms with E-state index in [9.17, 15) is 9.90 Å². The van der Waals surface area contributed by atoms with Gasteiger partial charge in [-0.3, -0.25) is 4.79 Å². The highest BCUT2D eigenvalue weighted by atomic mass is 35.5. The monoisotopic (exact) mass is 311 g/mol. The standard InChI is InChI=1S/C15H22ClN3O2/c1-2-17-14-11(16)8-10(9-18-14)15(21)19-12-6-4-3-5-7-13(12)20/h8-9,12-13,20H,2-7H2,1H3,(H,17,18)(H,19,21). The van der Waals surface area contributed by atoms with E-state index in [0.29, 0.717) is 22.9 Å². The topological polar surface area (TPSA) is 74.2 Å². The van der Waals surface area contributed by atoms with Crippen molar-refractivity contribution in [1.82, 2.24) is 10.3 Å². The van der Waals surface area contributed by atoms with Crippen molar-refractivity contribution < 1.29 is 9.90 Å². The number of aliphatic hydroxyl groups excluding tert-OH is 1. The molecule has 1 heterocycles. The van der Waals surface area contributed by atoms with Crippen LogP contribution < -0.4 is 10.6 Å². The Morgan fingerprint density at radius 2 is 2.19 bits per heavy atom. The number of halogens is 1. The minimum absolute atomic E-state index is 0.188. The van der Waals surface area contributed by atoms with Gasteiger partial charge in [0, 0.05) is 12.7 Å². The van der Waals surface area contributed by atoms with Crippen molar-refractivity contribution in [3.63, 3.8) is 0 Å². The maximum atomic E-state index is 12.3. The zero-order valence-corrected chi connectivity index (χ0v) is 13.0. The Hall–Kier alpha value is -1.33. The van der Waals surface area contributed by atoms with Gasteiger partial charge in [-0.1, -0.05) is 30.9 Å². The largest absolute Gasteiger partial charge is 0.391 e. The van der Waals surface area contributed by atoms with Crippen LogP contribution in [0.3, 0.4) is 0 Å². The summed E-state index contributed by atoms with van der Waals surface area (Å²) in [6.45, 7) is 2.67. The van der Waals surface area contributed by atoms with Gasteiger partial charge in [-0.2, -0.15) is 0 Å². The summed E-state index contributed by atoms with van der Waals surface area (Å²) in [6, 6.07) is 1.41. The highest BCUT2D eigenvalue weighted by Crippen LogP contribution is 2.21. The number of nitrogens with zero attached hydrogens (tertiary/aromatic N) is 1. The molecule has 0 aliphatic heterocycles. The van der Waals surface area contributed by atoms with Crippen LogP contribution in [-0.4, -0.2) is 34.7 Å². The first-order chi connectivity index (χ1) is 10.1. The summed E-state index contributed by atoms with van der Waals surface area (Å²) < 4.78 is 0. The fourth-order valence-corrected chi connectivity index (χ4v) is 2.80. The van der Waals surface area contributed by atoms with Gasteiger partial charge in [0.05, 0.1) is 22.7 Å². The van der Waals surface area contributed by atoms with Gasteiger partial charge in [-0.15, -0.1) is 0 Å². The van der Waals surface area contributed by atoms with Crippen LogP contribution in [0.2, 0.25) is 5.02 Å². The second kappa shape index (κ2) is 7.61. The first-order valence-corrected chi connectivity index (χ1v) is 7.88. The van der Waals surface area contributed by atoms with Crippen LogP contribution in [0.15, 0.2) is 12.3 Å². The summed E-state index contributed by atoms with van der Waals surface area (Å²) in [5.74, 6) is 0.337. The number of hydrogen-bond acceptors (Lipinski definition) is 4. The number of anilines is 1. The Kier molecular flexibility index (Phi) is 5.82. The molecule has 2 atom stereocenters. The highest BCUT2D eigenvalue weighted by molar-refractivity contribution is 6.33. The van der Waals surface area contributed by atoms with E-state index in [2.05, 4.69) is 15.6 Å². The van der Waals surface area contributed by atoms with Crippen LogP contribution in [0.5, 0.6) is 0 Å². The van der Waals surface area contributed by atoms with E-state index < -0.39 is 6.10 Å². The summed E-state index contributed by atoms with van der Waals surface area (Å²) in [5.41, 5.74) is 0.415. The first kappa shape index (κ1) is 16.0. The molecule has 1 aliphatic rings. The lowest BCUT2D eigenvalue weighted by molar-refractivity contribution is 0.0818. The Bertz CT molecular complexity index is 496. The molecular weight excluding hydrogens is 290 g/mol. The predicted octanol–water partition coefficient (Wildman–Crippen LogP) is 2.59. The average molecular weight is 312 g/mol. The number of amides is 1. The molecule has 1 saturated carbocycles. The van der Waals surface area contributed by atoms with Crippen molar-refractivity contribution in [2.75, 3.05) is 11.9 Å². The zero-order chi connectivity index (χ0) is 15.2. The van der Waals surface area contributed by atoms with Crippen molar-refractivity contribution >= 4 is 23.3 Å². The molecule has 1 aromatic heterocycles. The van der Waals surface area contributed by atoms with E-state index in [1.807, 2.05) is 6.92 Å². The molecule has 0 aromatic carbocycles. The fraction of sp³-hybridized carbons (Fsp3) is 0.600. The maximum absolute atomic E-state index is 12.3. The van der Waals surface area contributed by atoms with Crippen molar-refractivity contribution in [2.24, 2.45) is 0 Å². The molecule has 2 unspecified atom stereocenters. The predicted molar refractivity (Wildman–Crippen MR) is 83.8 cm³/mol. The lowest BCUT2D eigenvalue weighted by atomic mass is 10.1. The van der Waals surface area contributed by atoms with Crippen LogP contribution in [0.25, 0.3) is 0 Å². The third-order valence-electron chi connectivity index (χ3n) is 3.74. The van der Waals surface area contributed by atoms with Gasteiger partial charge in [-0.05, 0) is 25.8 Å². The molecule has 2 rings (SSSR count). The number of carbonyl (C=O) groups excluding carboxylic acids is 1. The Balaban J connectivity index is 2.04. The van der Waals surface area contributed by atoms with Gasteiger partial charge in [0.1, 0.15) is 5.82 Å². The summed E-state index contributed by atoms with van der Waals surface area (Å²) in [6.07, 6.45) is 5.73. The van der Waals surface area contributed by atoms with Gasteiger partial charge >= 0.3 is 0 Å². The highest BCUT2D eigenvalue weighted by Gasteiger charge is 2.23. The summed E-state index contributed by atoms with van der Waals surface area (Å²) in [4.78, 5) is 16.4. The number of carbonyl (C=O) groups is 1. The molecular formula is C15H22ClN3O2. The van der Waals surface area contributed by atoms with Gasteiger partial charge in [0.15, 0.2) is 0 Å². The van der Waals surface area contributed by atoms with Crippen LogP contribution in [0.1, 0.15) is 49.4 Å². The molecule has 5 nitrogen and oxygen atoms in total. The number of aliphatic hydroxyl groups is 1. The van der Waals surface area contributed by atoms with Gasteiger partial charge < -0.3 is 15.7 Å². The lowest BCUT2D eigenvalue weighted by Crippen LogP contribution is -2.42. The van der Waals surface area contributed by atoms with E-state index >= 15 is 0 Å². The second-order valence-electron chi connectivity index (χ2n) is 5.37. The van der Waals surface area contributed by atoms with Crippen molar-refractivity contribution in [1.29, 1.82) is 0 Å². The fourth-order valence-electron chi connectivity index (χ4n) is 2.57. The molecule has 116 valence electrons. The average Bonchev–Trinajstić information content (AvgIpc) is 2.66. The number of hydrogen-bond donors (Lipinski definition) is 3. The quantitative estimate of drug-likeness (QED) is 0.747. The molecule has 1 aliphatic carbocycles. The van der Waals surface area contributed by atoms with Crippen molar-refractivity contribution in [2.45, 2.75) is 51.2 Å². The van der Waals surface area contributed by atoms with Crippen LogP contribution >= 0.6 is 11.6 Å². The molecule has 6 heteroatoms. The zero-order valence-electron chi connectivity index (χ0n) is 12.2. The molecule has 1 fully saturated rings. The minimum atomic E-state index is -0.471. The molecule has 21 heavy (non-hydrogen) atoms. The van der Waals surface area contributed by atoms with E-state index in [-0.39, 0.29) is 11.9 Å². The summed E-state index contributed by atoms with van der Waals surface area (Å²) >= 11 is 6.10. The number of aromatic nitrogens is 1. The third kappa shape index (κ3) is 4.32. The molecule has 0 radical (unpaired) electrons. The van der Waals surface area contributed by atoms with E-state index in [0.717, 1.165) is 32.1 Å². The smallest absolute Gasteiger partial charge is 0.253 e. The number of pyridine rings is 1. The molecule has 1 amide bonds. The lowest BCUT2D eigenvalue weighted by Gasteiger charge is -2.21. The van der Waals surface area contributed by atoms with Crippen LogP contribution in [0, 0.1) is 0 Å². The summed E-state index contributed by atoms with van der Waals surface area (Å²) in [5, 5.41) is 16.4. The van der Waals surface area contributed by atoms with Crippen LogP contribution in [0.4, 0.5) is 5.82 Å². The molecule has 0 bridgehead atoms. The Labute approximate surface area is 130 Å². The van der Waals surface area contributed by atoms with Crippen molar-refractivity contribution in [3.8, 4) is 0 Å². The van der Waals surface area contributed by atoms with E-state index in [1.165, 1.54) is 6.20 Å². The van der Waals surface area contributed by atoms with Gasteiger partial charge in [0.2, 0.25) is 0 Å². The number of rotatable bonds is 4. The minimum Gasteiger partial charge on any atom is -0.391 e. The normalized spacial score (nSPS) is 22.4. The van der Waals surface area contributed by atoms with Gasteiger partial charge in [-0.25, -0.2) is 4.98 Å². The van der Waals surface area contributed by atoms with E-state index in [1.54, 1.807) is 6.07 Å². The maximum Gasteiger partial charge on any atom is 0.253 e. The number of nitrogens with one attached hydrogen (secondary N) is 2. The second-order valence-corrected chi connectivity index (χ2v) is 5.78. The van der Waals surface area contributed by atoms with Crippen molar-refractivity contribution in [3.05, 3.63) is 22.8 Å². The molecule has 0 saturated heterocycles. The SMILES string of the molecule is CCNc1ncc(C(=O)NC2CCCCCC2O)cc1Cl. The Morgan fingerprint density at radius 1 is 1.43 bits per heavy atom. The summed E-state index contributed by atoms with van der Waals surface area (Å²) in [7, 11) is 0. The van der Waals surface area contributed by atoms with E-state index in [4.69, 9.17) is 11.6 Å². The van der Waals surface area contributed by atoms with Crippen LogP contribution in [-0.2, 0) is 0 Å². The molecule has 1 aromatic rings. The molecule has 3 N–H and O–H groups in total. The third-order valence-corrected chi connectivity index (χ3v) is 4.03. The molecule has 0 spiro atoms. The van der Waals surface area contributed by atoms with Gasteiger partial charge in [0.25, 0.3) is 5.91 Å². The Morgan fingerprint density at radius 3 is 2.90 bits per heavy atom. The first-order valence-electron chi connectivity index (χ1n) is 7.50.